The third kappa shape index (κ3) is 6.83. The van der Waals surface area contributed by atoms with Crippen molar-refractivity contribution in [3.8, 4) is 5.75 Å². The van der Waals surface area contributed by atoms with E-state index in [1.54, 1.807) is 0 Å². The molecule has 3 nitrogen and oxygen atoms in total. The van der Waals surface area contributed by atoms with Gasteiger partial charge in [0.05, 0.1) is 6.61 Å². The highest BCUT2D eigenvalue weighted by Gasteiger charge is 2.15. The number of rotatable bonds is 5. The second-order valence-electron chi connectivity index (χ2n) is 4.99. The van der Waals surface area contributed by atoms with Crippen molar-refractivity contribution in [2.75, 3.05) is 6.61 Å². The molecule has 0 saturated carbocycles. The maximum absolute atomic E-state index is 11.4. The smallest absolute Gasteiger partial charge is 0.306 e. The van der Waals surface area contributed by atoms with E-state index in [0.29, 0.717) is 19.4 Å². The van der Waals surface area contributed by atoms with Crippen LogP contribution in [0.3, 0.4) is 0 Å². The lowest BCUT2D eigenvalue weighted by Crippen LogP contribution is -2.23. The van der Waals surface area contributed by atoms with Crippen molar-refractivity contribution in [3.05, 3.63) is 27.8 Å². The summed E-state index contributed by atoms with van der Waals surface area (Å²) >= 11 is 2.25. The zero-order chi connectivity index (χ0) is 13.6. The zero-order valence-electron chi connectivity index (χ0n) is 11.0. The largest absolute Gasteiger partial charge is 0.494 e. The molecule has 0 aliphatic rings. The van der Waals surface area contributed by atoms with Crippen LogP contribution in [0.2, 0.25) is 0 Å². The molecule has 1 aromatic rings. The maximum Gasteiger partial charge on any atom is 0.306 e. The number of halogens is 1. The maximum atomic E-state index is 11.4. The van der Waals surface area contributed by atoms with Crippen molar-refractivity contribution in [1.82, 2.24) is 0 Å². The van der Waals surface area contributed by atoms with E-state index in [4.69, 9.17) is 9.47 Å². The third-order valence-corrected chi connectivity index (χ3v) is 2.75. The van der Waals surface area contributed by atoms with Gasteiger partial charge < -0.3 is 9.47 Å². The third-order valence-electron chi connectivity index (χ3n) is 2.03. The normalized spacial score (nSPS) is 11.1. The number of esters is 1. The average Bonchev–Trinajstić information content (AvgIpc) is 2.24. The molecular weight excluding hydrogens is 343 g/mol. The summed E-state index contributed by atoms with van der Waals surface area (Å²) in [4.78, 5) is 11.4. The number of benzene rings is 1. The molecule has 0 heterocycles. The summed E-state index contributed by atoms with van der Waals surface area (Å²) < 4.78 is 11.9. The lowest BCUT2D eigenvalue weighted by atomic mass is 10.2. The number of carbonyl (C=O) groups is 1. The minimum absolute atomic E-state index is 0.172. The van der Waals surface area contributed by atoms with E-state index in [-0.39, 0.29) is 5.97 Å². The SMILES string of the molecule is CC(C)(C)OC(=O)CCCOc1ccc(I)cc1. The molecule has 0 atom stereocenters. The molecule has 4 heteroatoms. The first-order valence-corrected chi connectivity index (χ1v) is 7.05. The second-order valence-corrected chi connectivity index (χ2v) is 6.24. The van der Waals surface area contributed by atoms with Gasteiger partial charge in [0.25, 0.3) is 0 Å². The molecule has 0 aliphatic heterocycles. The van der Waals surface area contributed by atoms with Crippen LogP contribution in [0.25, 0.3) is 0 Å². The molecule has 0 spiro atoms. The van der Waals surface area contributed by atoms with Crippen LogP contribution in [0.4, 0.5) is 0 Å². The Morgan fingerprint density at radius 3 is 2.39 bits per heavy atom. The Kier molecular flexibility index (Phi) is 5.91. The number of carbonyl (C=O) groups excluding carboxylic acids is 1. The van der Waals surface area contributed by atoms with Crippen LogP contribution >= 0.6 is 22.6 Å². The molecule has 100 valence electrons. The number of ether oxygens (including phenoxy) is 2. The van der Waals surface area contributed by atoms with Gasteiger partial charge in [0.1, 0.15) is 11.4 Å². The van der Waals surface area contributed by atoms with E-state index < -0.39 is 5.60 Å². The summed E-state index contributed by atoms with van der Waals surface area (Å²) in [6, 6.07) is 7.83. The monoisotopic (exact) mass is 362 g/mol. The molecule has 1 rings (SSSR count). The molecule has 0 bridgehead atoms. The summed E-state index contributed by atoms with van der Waals surface area (Å²) in [5, 5.41) is 0. The lowest BCUT2D eigenvalue weighted by molar-refractivity contribution is -0.155. The van der Waals surface area contributed by atoms with Crippen molar-refractivity contribution in [2.45, 2.75) is 39.2 Å². The van der Waals surface area contributed by atoms with E-state index in [1.165, 1.54) is 3.57 Å². The standard InChI is InChI=1S/C14H19IO3/c1-14(2,3)18-13(16)5-4-10-17-12-8-6-11(15)7-9-12/h6-9H,4-5,10H2,1-3H3. The second kappa shape index (κ2) is 6.97. The number of hydrogen-bond acceptors (Lipinski definition) is 3. The minimum atomic E-state index is -0.409. The summed E-state index contributed by atoms with van der Waals surface area (Å²) in [7, 11) is 0. The first-order valence-electron chi connectivity index (χ1n) is 5.97. The predicted octanol–water partition coefficient (Wildman–Crippen LogP) is 3.79. The molecule has 0 aliphatic carbocycles. The topological polar surface area (TPSA) is 35.5 Å². The van der Waals surface area contributed by atoms with Gasteiger partial charge in [-0.05, 0) is 74.0 Å². The summed E-state index contributed by atoms with van der Waals surface area (Å²) in [5.74, 6) is 0.660. The Hall–Kier alpha value is -0.780. The molecule has 0 aromatic heterocycles. The molecule has 18 heavy (non-hydrogen) atoms. The quantitative estimate of drug-likeness (QED) is 0.454. The van der Waals surface area contributed by atoms with E-state index in [2.05, 4.69) is 22.6 Å². The fourth-order valence-corrected chi connectivity index (χ4v) is 1.69. The predicted molar refractivity (Wildman–Crippen MR) is 79.7 cm³/mol. The summed E-state index contributed by atoms with van der Waals surface area (Å²) in [6.07, 6.45) is 1.06. The summed E-state index contributed by atoms with van der Waals surface area (Å²) in [6.45, 7) is 6.13. The molecule has 0 unspecified atom stereocenters. The molecular formula is C14H19IO3. The molecule has 0 saturated heterocycles. The minimum Gasteiger partial charge on any atom is -0.494 e. The average molecular weight is 362 g/mol. The first kappa shape index (κ1) is 15.3. The highest BCUT2D eigenvalue weighted by Crippen LogP contribution is 2.14. The Bertz CT molecular complexity index is 379. The Morgan fingerprint density at radius 2 is 1.83 bits per heavy atom. The molecule has 1 aromatic carbocycles. The van der Waals surface area contributed by atoms with E-state index in [9.17, 15) is 4.79 Å². The first-order chi connectivity index (χ1) is 8.37. The lowest BCUT2D eigenvalue weighted by Gasteiger charge is -2.19. The molecule has 0 N–H and O–H groups in total. The van der Waals surface area contributed by atoms with Gasteiger partial charge in [-0.25, -0.2) is 0 Å². The Morgan fingerprint density at radius 1 is 1.22 bits per heavy atom. The van der Waals surface area contributed by atoms with Gasteiger partial charge in [0, 0.05) is 9.99 Å². The molecule has 0 amide bonds. The van der Waals surface area contributed by atoms with Gasteiger partial charge in [-0.15, -0.1) is 0 Å². The van der Waals surface area contributed by atoms with Crippen molar-refractivity contribution >= 4 is 28.6 Å². The molecule has 0 radical (unpaired) electrons. The van der Waals surface area contributed by atoms with Gasteiger partial charge in [-0.1, -0.05) is 0 Å². The highest BCUT2D eigenvalue weighted by molar-refractivity contribution is 14.1. The summed E-state index contributed by atoms with van der Waals surface area (Å²) in [5.41, 5.74) is -0.409. The Labute approximate surface area is 122 Å². The van der Waals surface area contributed by atoms with Crippen LogP contribution in [-0.2, 0) is 9.53 Å². The van der Waals surface area contributed by atoms with Crippen molar-refractivity contribution in [1.29, 1.82) is 0 Å². The van der Waals surface area contributed by atoms with Crippen molar-refractivity contribution < 1.29 is 14.3 Å². The van der Waals surface area contributed by atoms with Crippen LogP contribution in [0.1, 0.15) is 33.6 Å². The number of hydrogen-bond donors (Lipinski definition) is 0. The highest BCUT2D eigenvalue weighted by atomic mass is 127. The van der Waals surface area contributed by atoms with Gasteiger partial charge in [-0.3, -0.25) is 4.79 Å². The van der Waals surface area contributed by atoms with Gasteiger partial charge in [0.2, 0.25) is 0 Å². The van der Waals surface area contributed by atoms with Crippen LogP contribution < -0.4 is 4.74 Å². The van der Waals surface area contributed by atoms with Gasteiger partial charge >= 0.3 is 5.97 Å². The van der Waals surface area contributed by atoms with Crippen molar-refractivity contribution in [3.63, 3.8) is 0 Å². The Balaban J connectivity index is 2.19. The van der Waals surface area contributed by atoms with E-state index >= 15 is 0 Å². The van der Waals surface area contributed by atoms with Gasteiger partial charge in [0.15, 0.2) is 0 Å². The van der Waals surface area contributed by atoms with Crippen LogP contribution in [0.15, 0.2) is 24.3 Å². The van der Waals surface area contributed by atoms with Crippen molar-refractivity contribution in [2.24, 2.45) is 0 Å². The van der Waals surface area contributed by atoms with E-state index in [1.807, 2.05) is 45.0 Å². The zero-order valence-corrected chi connectivity index (χ0v) is 13.2. The van der Waals surface area contributed by atoms with Crippen LogP contribution in [0.5, 0.6) is 5.75 Å². The van der Waals surface area contributed by atoms with Crippen LogP contribution in [0, 0.1) is 3.57 Å². The van der Waals surface area contributed by atoms with E-state index in [0.717, 1.165) is 5.75 Å². The molecule has 0 fully saturated rings. The fourth-order valence-electron chi connectivity index (χ4n) is 1.33. The van der Waals surface area contributed by atoms with Crippen LogP contribution in [-0.4, -0.2) is 18.2 Å². The van der Waals surface area contributed by atoms with Gasteiger partial charge in [-0.2, -0.15) is 0 Å². The fraction of sp³-hybridized carbons (Fsp3) is 0.500.